The number of unbranched alkanes of at least 4 members (excludes halogenated alkanes) is 3. The fraction of sp³-hybridized carbons (Fsp3) is 0.409. The highest BCUT2D eigenvalue weighted by Gasteiger charge is 2.05. The predicted molar refractivity (Wildman–Crippen MR) is 109 cm³/mol. The fourth-order valence-corrected chi connectivity index (χ4v) is 3.54. The minimum absolute atomic E-state index is 0.0672. The predicted octanol–water partition coefficient (Wildman–Crippen LogP) is 6.64. The van der Waals surface area contributed by atoms with E-state index in [0.717, 1.165) is 17.4 Å². The molecule has 0 unspecified atom stereocenters. The summed E-state index contributed by atoms with van der Waals surface area (Å²) in [5, 5.41) is 2.94. The van der Waals surface area contributed by atoms with Crippen molar-refractivity contribution in [1.29, 1.82) is 0 Å². The highest BCUT2D eigenvalue weighted by Crippen LogP contribution is 2.22. The number of carbonyl (C=O) groups excluding carboxylic acids is 1. The lowest BCUT2D eigenvalue weighted by Crippen LogP contribution is -2.11. The zero-order valence-electron chi connectivity index (χ0n) is 15.3. The molecule has 1 amide bonds. The van der Waals surface area contributed by atoms with Crippen molar-refractivity contribution in [2.75, 3.05) is 11.1 Å². The van der Waals surface area contributed by atoms with E-state index in [-0.39, 0.29) is 5.91 Å². The van der Waals surface area contributed by atoms with E-state index in [1.54, 1.807) is 0 Å². The fourth-order valence-electron chi connectivity index (χ4n) is 2.63. The van der Waals surface area contributed by atoms with Crippen LogP contribution in [0.4, 0.5) is 5.69 Å². The molecule has 2 aromatic rings. The number of nitrogens with one attached hydrogen (secondary N) is 1. The Morgan fingerprint density at radius 2 is 1.60 bits per heavy atom. The van der Waals surface area contributed by atoms with Gasteiger partial charge in [0, 0.05) is 16.1 Å². The quantitative estimate of drug-likeness (QED) is 0.382. The summed E-state index contributed by atoms with van der Waals surface area (Å²) < 4.78 is 0. The minimum atomic E-state index is -0.0672. The van der Waals surface area contributed by atoms with Crippen LogP contribution in [0.1, 0.15) is 56.3 Å². The van der Waals surface area contributed by atoms with Crippen molar-refractivity contribution in [2.24, 2.45) is 5.92 Å². The molecule has 0 fully saturated rings. The first-order valence-corrected chi connectivity index (χ1v) is 10.2. The van der Waals surface area contributed by atoms with E-state index >= 15 is 0 Å². The second-order valence-electron chi connectivity index (χ2n) is 6.79. The number of rotatable bonds is 10. The van der Waals surface area contributed by atoms with Crippen molar-refractivity contribution in [3.05, 3.63) is 60.2 Å². The molecule has 0 heterocycles. The maximum atomic E-state index is 12.1. The number of amides is 1. The number of carbonyl (C=O) groups is 1. The molecule has 0 bridgehead atoms. The zero-order chi connectivity index (χ0) is 17.9. The first-order chi connectivity index (χ1) is 12.1. The number of hydrogen-bond acceptors (Lipinski definition) is 2. The Morgan fingerprint density at radius 3 is 2.28 bits per heavy atom. The summed E-state index contributed by atoms with van der Waals surface area (Å²) in [6.45, 7) is 4.59. The summed E-state index contributed by atoms with van der Waals surface area (Å²) in [7, 11) is 0. The molecule has 25 heavy (non-hydrogen) atoms. The standard InChI is InChI=1S/C22H29NOS/c1-18(2)10-6-3-4-9-17-25-21-15-13-20(14-16-21)23-22(24)19-11-7-5-8-12-19/h5,7-8,11-16,18H,3-4,6,9-10,17H2,1-2H3,(H,23,24). The molecular formula is C22H29NOS. The van der Waals surface area contributed by atoms with E-state index in [1.165, 1.54) is 37.0 Å². The van der Waals surface area contributed by atoms with Gasteiger partial charge in [0.1, 0.15) is 0 Å². The molecule has 2 aromatic carbocycles. The second-order valence-corrected chi connectivity index (χ2v) is 7.96. The summed E-state index contributed by atoms with van der Waals surface area (Å²) in [5.74, 6) is 1.93. The lowest BCUT2D eigenvalue weighted by molar-refractivity contribution is 0.102. The lowest BCUT2D eigenvalue weighted by Gasteiger charge is -2.07. The molecule has 0 radical (unpaired) electrons. The molecule has 2 rings (SSSR count). The first kappa shape index (κ1) is 19.6. The Kier molecular flexibility index (Phi) is 8.61. The van der Waals surface area contributed by atoms with Crippen LogP contribution in [0.2, 0.25) is 0 Å². The van der Waals surface area contributed by atoms with Crippen LogP contribution < -0.4 is 5.32 Å². The van der Waals surface area contributed by atoms with Gasteiger partial charge in [0.2, 0.25) is 0 Å². The summed E-state index contributed by atoms with van der Waals surface area (Å²) in [5.41, 5.74) is 1.52. The summed E-state index contributed by atoms with van der Waals surface area (Å²) in [6, 6.07) is 17.4. The Bertz CT molecular complexity index is 622. The number of hydrogen-bond donors (Lipinski definition) is 1. The van der Waals surface area contributed by atoms with Gasteiger partial charge >= 0.3 is 0 Å². The van der Waals surface area contributed by atoms with Crippen molar-refractivity contribution in [2.45, 2.75) is 50.8 Å². The summed E-state index contributed by atoms with van der Waals surface area (Å²) in [4.78, 5) is 13.4. The van der Waals surface area contributed by atoms with Crippen molar-refractivity contribution < 1.29 is 4.79 Å². The van der Waals surface area contributed by atoms with Crippen LogP contribution in [0.15, 0.2) is 59.5 Å². The Labute approximate surface area is 156 Å². The normalized spacial score (nSPS) is 10.8. The van der Waals surface area contributed by atoms with Crippen LogP contribution in [0.3, 0.4) is 0 Å². The van der Waals surface area contributed by atoms with Gasteiger partial charge in [-0.25, -0.2) is 0 Å². The van der Waals surface area contributed by atoms with Gasteiger partial charge in [0.05, 0.1) is 0 Å². The SMILES string of the molecule is CC(C)CCCCCCSc1ccc(NC(=O)c2ccccc2)cc1. The summed E-state index contributed by atoms with van der Waals surface area (Å²) >= 11 is 1.90. The number of thioether (sulfide) groups is 1. The van der Waals surface area contributed by atoms with Crippen molar-refractivity contribution >= 4 is 23.4 Å². The van der Waals surface area contributed by atoms with E-state index in [2.05, 4.69) is 31.3 Å². The van der Waals surface area contributed by atoms with Crippen LogP contribution in [0.25, 0.3) is 0 Å². The van der Waals surface area contributed by atoms with Gasteiger partial charge in [-0.15, -0.1) is 11.8 Å². The maximum absolute atomic E-state index is 12.1. The van der Waals surface area contributed by atoms with Crippen molar-refractivity contribution in [3.63, 3.8) is 0 Å². The Balaban J connectivity index is 1.67. The van der Waals surface area contributed by atoms with Gasteiger partial charge in [0.25, 0.3) is 5.91 Å². The van der Waals surface area contributed by atoms with Gasteiger partial charge in [-0.2, -0.15) is 0 Å². The van der Waals surface area contributed by atoms with Crippen LogP contribution in [-0.2, 0) is 0 Å². The highest BCUT2D eigenvalue weighted by atomic mass is 32.2. The Morgan fingerprint density at radius 1 is 0.920 bits per heavy atom. The molecule has 134 valence electrons. The monoisotopic (exact) mass is 355 g/mol. The third kappa shape index (κ3) is 7.78. The first-order valence-electron chi connectivity index (χ1n) is 9.24. The lowest BCUT2D eigenvalue weighted by atomic mass is 10.0. The van der Waals surface area contributed by atoms with Crippen LogP contribution >= 0.6 is 11.8 Å². The Hall–Kier alpha value is -1.74. The van der Waals surface area contributed by atoms with E-state index in [0.29, 0.717) is 5.56 Å². The van der Waals surface area contributed by atoms with E-state index in [1.807, 2.05) is 54.2 Å². The van der Waals surface area contributed by atoms with E-state index in [9.17, 15) is 4.79 Å². The average molecular weight is 356 g/mol. The summed E-state index contributed by atoms with van der Waals surface area (Å²) in [6.07, 6.45) is 6.66. The minimum Gasteiger partial charge on any atom is -0.322 e. The van der Waals surface area contributed by atoms with E-state index < -0.39 is 0 Å². The molecule has 0 saturated carbocycles. The number of anilines is 1. The molecule has 2 nitrogen and oxygen atoms in total. The van der Waals surface area contributed by atoms with Crippen LogP contribution in [-0.4, -0.2) is 11.7 Å². The molecule has 0 aliphatic rings. The molecule has 1 N–H and O–H groups in total. The molecule has 0 saturated heterocycles. The highest BCUT2D eigenvalue weighted by molar-refractivity contribution is 7.99. The van der Waals surface area contributed by atoms with Crippen molar-refractivity contribution in [3.8, 4) is 0 Å². The second kappa shape index (κ2) is 11.0. The van der Waals surface area contributed by atoms with Crippen LogP contribution in [0, 0.1) is 5.92 Å². The van der Waals surface area contributed by atoms with Gasteiger partial charge in [-0.3, -0.25) is 4.79 Å². The van der Waals surface area contributed by atoms with E-state index in [4.69, 9.17) is 0 Å². The molecule has 0 atom stereocenters. The zero-order valence-corrected chi connectivity index (χ0v) is 16.1. The van der Waals surface area contributed by atoms with Gasteiger partial charge in [-0.1, -0.05) is 57.7 Å². The maximum Gasteiger partial charge on any atom is 0.255 e. The van der Waals surface area contributed by atoms with Gasteiger partial charge in [-0.05, 0) is 54.5 Å². The third-order valence-electron chi connectivity index (χ3n) is 4.09. The largest absolute Gasteiger partial charge is 0.322 e. The smallest absolute Gasteiger partial charge is 0.255 e. The molecule has 0 aliphatic carbocycles. The van der Waals surface area contributed by atoms with Crippen molar-refractivity contribution in [1.82, 2.24) is 0 Å². The molecule has 3 heteroatoms. The number of benzene rings is 2. The molecule has 0 spiro atoms. The topological polar surface area (TPSA) is 29.1 Å². The van der Waals surface area contributed by atoms with Crippen LogP contribution in [0.5, 0.6) is 0 Å². The molecular weight excluding hydrogens is 326 g/mol. The third-order valence-corrected chi connectivity index (χ3v) is 5.19. The molecule has 0 aliphatic heterocycles. The van der Waals surface area contributed by atoms with Gasteiger partial charge < -0.3 is 5.32 Å². The molecule has 0 aromatic heterocycles. The average Bonchev–Trinajstić information content (AvgIpc) is 2.62. The van der Waals surface area contributed by atoms with Gasteiger partial charge in [0.15, 0.2) is 0 Å².